The van der Waals surface area contributed by atoms with Gasteiger partial charge in [-0.15, -0.1) is 11.3 Å². The number of methoxy groups -OCH3 is 1. The molecule has 0 fully saturated rings. The molecule has 0 saturated heterocycles. The second kappa shape index (κ2) is 6.24. The first-order valence-electron chi connectivity index (χ1n) is 6.84. The number of esters is 1. The van der Waals surface area contributed by atoms with Crippen molar-refractivity contribution in [3.63, 3.8) is 0 Å². The third-order valence-electron chi connectivity index (χ3n) is 3.34. The minimum absolute atomic E-state index is 0.229. The van der Waals surface area contributed by atoms with Crippen molar-refractivity contribution >= 4 is 39.9 Å². The molecule has 10 heteroatoms. The Labute approximate surface area is 139 Å². The highest BCUT2D eigenvalue weighted by Gasteiger charge is 2.16. The van der Waals surface area contributed by atoms with Gasteiger partial charge in [0.2, 0.25) is 5.91 Å². The normalized spacial score (nSPS) is 10.8. The number of thiophene rings is 1. The summed E-state index contributed by atoms with van der Waals surface area (Å²) in [6, 6.07) is 1.60. The highest BCUT2D eigenvalue weighted by molar-refractivity contribution is 7.12. The number of carbonyl (C=O) groups is 2. The van der Waals surface area contributed by atoms with Crippen molar-refractivity contribution in [3.05, 3.63) is 39.2 Å². The van der Waals surface area contributed by atoms with Crippen molar-refractivity contribution in [3.8, 4) is 0 Å². The Morgan fingerprint density at radius 3 is 2.96 bits per heavy atom. The Kier molecular flexibility index (Phi) is 4.13. The predicted molar refractivity (Wildman–Crippen MR) is 87.1 cm³/mol. The lowest BCUT2D eigenvalue weighted by Crippen LogP contribution is -2.28. The van der Waals surface area contributed by atoms with E-state index in [2.05, 4.69) is 20.1 Å². The van der Waals surface area contributed by atoms with Crippen LogP contribution in [0.4, 0.5) is 5.69 Å². The second-order valence-corrected chi connectivity index (χ2v) is 5.80. The molecule has 3 aromatic heterocycles. The maximum absolute atomic E-state index is 12.3. The summed E-state index contributed by atoms with van der Waals surface area (Å²) >= 11 is 1.16. The van der Waals surface area contributed by atoms with Crippen LogP contribution in [-0.4, -0.2) is 38.3 Å². The van der Waals surface area contributed by atoms with Crippen molar-refractivity contribution in [1.29, 1.82) is 0 Å². The second-order valence-electron chi connectivity index (χ2n) is 4.89. The quantitative estimate of drug-likeness (QED) is 0.693. The van der Waals surface area contributed by atoms with Gasteiger partial charge in [0.25, 0.3) is 5.56 Å². The molecule has 0 aliphatic carbocycles. The minimum atomic E-state index is -0.532. The summed E-state index contributed by atoms with van der Waals surface area (Å²) in [4.78, 5) is 40.5. The fourth-order valence-electron chi connectivity index (χ4n) is 2.18. The largest absolute Gasteiger partial charge is 0.465 e. The van der Waals surface area contributed by atoms with Crippen LogP contribution in [0.25, 0.3) is 11.0 Å². The zero-order valence-corrected chi connectivity index (χ0v) is 13.7. The molecule has 0 aromatic carbocycles. The zero-order valence-electron chi connectivity index (χ0n) is 12.8. The van der Waals surface area contributed by atoms with E-state index in [4.69, 9.17) is 0 Å². The van der Waals surface area contributed by atoms with Crippen LogP contribution in [0.1, 0.15) is 9.67 Å². The summed E-state index contributed by atoms with van der Waals surface area (Å²) in [6.07, 6.45) is 2.70. The number of aryl methyl sites for hydroxylation is 1. The van der Waals surface area contributed by atoms with E-state index in [1.165, 1.54) is 28.9 Å². The average molecular weight is 347 g/mol. The highest BCUT2D eigenvalue weighted by atomic mass is 32.1. The Bertz CT molecular complexity index is 987. The Hall–Kier alpha value is -3.01. The van der Waals surface area contributed by atoms with Crippen molar-refractivity contribution in [1.82, 2.24) is 19.3 Å². The maximum atomic E-state index is 12.3. The number of ether oxygens (including phenoxy) is 1. The monoisotopic (exact) mass is 347 g/mol. The van der Waals surface area contributed by atoms with Gasteiger partial charge in [-0.2, -0.15) is 5.10 Å². The van der Waals surface area contributed by atoms with Crippen LogP contribution in [0.5, 0.6) is 0 Å². The molecule has 0 unspecified atom stereocenters. The predicted octanol–water partition coefficient (Wildman–Crippen LogP) is 0.617. The number of fused-ring (bicyclic) bond motifs is 1. The van der Waals surface area contributed by atoms with Crippen LogP contribution >= 0.6 is 11.3 Å². The number of anilines is 1. The molecule has 3 aromatic rings. The summed E-state index contributed by atoms with van der Waals surface area (Å²) in [7, 11) is 2.94. The Morgan fingerprint density at radius 1 is 1.42 bits per heavy atom. The van der Waals surface area contributed by atoms with Gasteiger partial charge in [-0.05, 0) is 11.4 Å². The van der Waals surface area contributed by atoms with E-state index < -0.39 is 11.9 Å². The molecule has 1 amide bonds. The summed E-state index contributed by atoms with van der Waals surface area (Å²) < 4.78 is 7.32. The van der Waals surface area contributed by atoms with Gasteiger partial charge < -0.3 is 10.1 Å². The van der Waals surface area contributed by atoms with E-state index in [1.54, 1.807) is 18.5 Å². The average Bonchev–Trinajstić information content (AvgIpc) is 3.17. The summed E-state index contributed by atoms with van der Waals surface area (Å²) in [6.45, 7) is -0.229. The van der Waals surface area contributed by atoms with Crippen LogP contribution in [0, 0.1) is 0 Å². The van der Waals surface area contributed by atoms with Gasteiger partial charge in [0.1, 0.15) is 23.1 Å². The fraction of sp³-hybridized carbons (Fsp3) is 0.214. The molecule has 124 valence electrons. The molecule has 0 spiro atoms. The molecule has 3 heterocycles. The van der Waals surface area contributed by atoms with Crippen molar-refractivity contribution in [2.75, 3.05) is 12.4 Å². The SMILES string of the molecule is COC(=O)c1sccc1NC(=O)Cn1cnc2c(cnn2C)c1=O. The third kappa shape index (κ3) is 2.78. The van der Waals surface area contributed by atoms with E-state index >= 15 is 0 Å². The molecule has 0 saturated carbocycles. The van der Waals surface area contributed by atoms with Gasteiger partial charge in [0.05, 0.1) is 19.0 Å². The number of hydrogen-bond acceptors (Lipinski definition) is 7. The van der Waals surface area contributed by atoms with Crippen LogP contribution in [0.2, 0.25) is 0 Å². The molecular weight excluding hydrogens is 334 g/mol. The first-order valence-corrected chi connectivity index (χ1v) is 7.72. The standard InChI is InChI=1S/C14H13N5O4S/c1-18-12-8(5-16-18)13(21)19(7-15-12)6-10(20)17-9-3-4-24-11(9)14(22)23-2/h3-5,7H,6H2,1-2H3,(H,17,20). The molecular formula is C14H13N5O4S. The Morgan fingerprint density at radius 2 is 2.21 bits per heavy atom. The van der Waals surface area contributed by atoms with E-state index in [0.29, 0.717) is 21.6 Å². The van der Waals surface area contributed by atoms with Gasteiger partial charge in [-0.25, -0.2) is 9.78 Å². The lowest BCUT2D eigenvalue weighted by atomic mass is 10.3. The van der Waals surface area contributed by atoms with Gasteiger partial charge in [-0.3, -0.25) is 18.8 Å². The van der Waals surface area contributed by atoms with Crippen LogP contribution in [0.3, 0.4) is 0 Å². The van der Waals surface area contributed by atoms with Gasteiger partial charge >= 0.3 is 5.97 Å². The van der Waals surface area contributed by atoms with E-state index in [-0.39, 0.29) is 12.1 Å². The molecule has 0 aliphatic rings. The lowest BCUT2D eigenvalue weighted by molar-refractivity contribution is -0.116. The van der Waals surface area contributed by atoms with Gasteiger partial charge in [-0.1, -0.05) is 0 Å². The first-order chi connectivity index (χ1) is 11.5. The first kappa shape index (κ1) is 15.9. The van der Waals surface area contributed by atoms with E-state index in [1.807, 2.05) is 0 Å². The third-order valence-corrected chi connectivity index (χ3v) is 4.24. The molecule has 0 aliphatic heterocycles. The van der Waals surface area contributed by atoms with E-state index in [0.717, 1.165) is 11.3 Å². The number of aromatic nitrogens is 4. The number of rotatable bonds is 4. The molecule has 24 heavy (non-hydrogen) atoms. The molecule has 0 radical (unpaired) electrons. The van der Waals surface area contributed by atoms with Crippen LogP contribution in [0.15, 0.2) is 28.8 Å². The highest BCUT2D eigenvalue weighted by Crippen LogP contribution is 2.23. The number of amides is 1. The van der Waals surface area contributed by atoms with Crippen molar-refractivity contribution in [2.24, 2.45) is 7.05 Å². The molecule has 1 N–H and O–H groups in total. The van der Waals surface area contributed by atoms with E-state index in [9.17, 15) is 14.4 Å². The lowest BCUT2D eigenvalue weighted by Gasteiger charge is -2.07. The van der Waals surface area contributed by atoms with Crippen LogP contribution < -0.4 is 10.9 Å². The molecule has 3 rings (SSSR count). The van der Waals surface area contributed by atoms with Crippen molar-refractivity contribution in [2.45, 2.75) is 6.54 Å². The molecule has 0 bridgehead atoms. The maximum Gasteiger partial charge on any atom is 0.350 e. The molecule has 9 nitrogen and oxygen atoms in total. The van der Waals surface area contributed by atoms with Gasteiger partial charge in [0.15, 0.2) is 5.65 Å². The van der Waals surface area contributed by atoms with Crippen LogP contribution in [-0.2, 0) is 23.1 Å². The molecule has 0 atom stereocenters. The Balaban J connectivity index is 1.81. The number of nitrogens with zero attached hydrogens (tertiary/aromatic N) is 4. The van der Waals surface area contributed by atoms with Gasteiger partial charge in [0, 0.05) is 7.05 Å². The number of nitrogens with one attached hydrogen (secondary N) is 1. The topological polar surface area (TPSA) is 108 Å². The fourth-order valence-corrected chi connectivity index (χ4v) is 2.95. The summed E-state index contributed by atoms with van der Waals surface area (Å²) in [5.74, 6) is -0.985. The minimum Gasteiger partial charge on any atom is -0.465 e. The van der Waals surface area contributed by atoms with Crippen molar-refractivity contribution < 1.29 is 14.3 Å². The number of carbonyl (C=O) groups excluding carboxylic acids is 2. The zero-order chi connectivity index (χ0) is 17.3. The smallest absolute Gasteiger partial charge is 0.350 e. The summed E-state index contributed by atoms with van der Waals surface area (Å²) in [5, 5.41) is 8.56. The summed E-state index contributed by atoms with van der Waals surface area (Å²) in [5.41, 5.74) is 0.435. The number of hydrogen-bond donors (Lipinski definition) is 1.